The highest BCUT2D eigenvalue weighted by molar-refractivity contribution is 7.89. The van der Waals surface area contributed by atoms with Gasteiger partial charge in [0.1, 0.15) is 0 Å². The maximum atomic E-state index is 12.2. The van der Waals surface area contributed by atoms with Gasteiger partial charge in [-0.25, -0.2) is 13.4 Å². The SMILES string of the molecule is Nc1cccnc1S(=O)(=O)N1CCNC(=O)C1. The molecule has 1 aromatic heterocycles. The van der Waals surface area contributed by atoms with E-state index >= 15 is 0 Å². The number of anilines is 1. The molecule has 1 aliphatic rings. The second-order valence-corrected chi connectivity index (χ2v) is 5.44. The van der Waals surface area contributed by atoms with E-state index in [1.807, 2.05) is 0 Å². The number of amides is 1. The van der Waals surface area contributed by atoms with E-state index in [0.717, 1.165) is 4.31 Å². The Bertz CT molecular complexity index is 543. The van der Waals surface area contributed by atoms with Gasteiger partial charge in [-0.05, 0) is 12.1 Å². The number of nitrogens with zero attached hydrogens (tertiary/aromatic N) is 2. The van der Waals surface area contributed by atoms with Crippen LogP contribution < -0.4 is 11.1 Å². The van der Waals surface area contributed by atoms with Crippen LogP contribution in [0.25, 0.3) is 0 Å². The molecule has 0 spiro atoms. The van der Waals surface area contributed by atoms with Crippen LogP contribution in [0.5, 0.6) is 0 Å². The molecule has 0 radical (unpaired) electrons. The van der Waals surface area contributed by atoms with Gasteiger partial charge < -0.3 is 11.1 Å². The number of nitrogens with two attached hydrogens (primary N) is 1. The van der Waals surface area contributed by atoms with Crippen LogP contribution in [0.2, 0.25) is 0 Å². The van der Waals surface area contributed by atoms with E-state index in [9.17, 15) is 13.2 Å². The third-order valence-electron chi connectivity index (χ3n) is 2.39. The van der Waals surface area contributed by atoms with Gasteiger partial charge in [0, 0.05) is 19.3 Å². The van der Waals surface area contributed by atoms with Crippen LogP contribution in [-0.4, -0.2) is 43.2 Å². The highest BCUT2D eigenvalue weighted by Crippen LogP contribution is 2.19. The smallest absolute Gasteiger partial charge is 0.263 e. The van der Waals surface area contributed by atoms with Crippen molar-refractivity contribution in [1.29, 1.82) is 0 Å². The lowest BCUT2D eigenvalue weighted by atomic mass is 10.4. The Balaban J connectivity index is 2.36. The van der Waals surface area contributed by atoms with Crippen molar-refractivity contribution in [2.24, 2.45) is 0 Å². The molecule has 7 nitrogen and oxygen atoms in total. The maximum absolute atomic E-state index is 12.2. The molecule has 0 aliphatic carbocycles. The van der Waals surface area contributed by atoms with Gasteiger partial charge >= 0.3 is 0 Å². The Kier molecular flexibility index (Phi) is 2.99. The lowest BCUT2D eigenvalue weighted by Gasteiger charge is -2.25. The highest BCUT2D eigenvalue weighted by Gasteiger charge is 2.31. The third-order valence-corrected chi connectivity index (χ3v) is 4.21. The predicted molar refractivity (Wildman–Crippen MR) is 60.4 cm³/mol. The molecule has 2 rings (SSSR count). The molecule has 0 bridgehead atoms. The van der Waals surface area contributed by atoms with Gasteiger partial charge in [-0.3, -0.25) is 4.79 Å². The lowest BCUT2D eigenvalue weighted by Crippen LogP contribution is -2.50. The van der Waals surface area contributed by atoms with Gasteiger partial charge in [0.15, 0.2) is 5.03 Å². The summed E-state index contributed by atoms with van der Waals surface area (Å²) in [6.07, 6.45) is 1.35. The average molecular weight is 256 g/mol. The first-order valence-corrected chi connectivity index (χ1v) is 6.43. The molecule has 17 heavy (non-hydrogen) atoms. The molecule has 1 amide bonds. The Morgan fingerprint density at radius 3 is 2.88 bits per heavy atom. The summed E-state index contributed by atoms with van der Waals surface area (Å²) in [7, 11) is -3.79. The molecule has 1 fully saturated rings. The number of rotatable bonds is 2. The standard InChI is InChI=1S/C9H12N4O3S/c10-7-2-1-3-12-9(7)17(15,16)13-5-4-11-8(14)6-13/h1-3H,4-6,10H2,(H,11,14). The zero-order chi connectivity index (χ0) is 12.5. The summed E-state index contributed by atoms with van der Waals surface area (Å²) >= 11 is 0. The second kappa shape index (κ2) is 4.30. The first-order valence-electron chi connectivity index (χ1n) is 4.99. The number of pyridine rings is 1. The number of aromatic nitrogens is 1. The number of sulfonamides is 1. The molecule has 1 saturated heterocycles. The zero-order valence-electron chi connectivity index (χ0n) is 8.96. The van der Waals surface area contributed by atoms with E-state index in [1.54, 1.807) is 6.07 Å². The van der Waals surface area contributed by atoms with Gasteiger partial charge in [-0.2, -0.15) is 4.31 Å². The van der Waals surface area contributed by atoms with Crippen molar-refractivity contribution >= 4 is 21.6 Å². The first-order chi connectivity index (χ1) is 8.01. The van der Waals surface area contributed by atoms with Crippen LogP contribution in [0, 0.1) is 0 Å². The Morgan fingerprint density at radius 1 is 1.47 bits per heavy atom. The summed E-state index contributed by atoms with van der Waals surface area (Å²) in [6, 6.07) is 3.02. The summed E-state index contributed by atoms with van der Waals surface area (Å²) in [5, 5.41) is 2.35. The van der Waals surface area contributed by atoms with Crippen LogP contribution in [0.1, 0.15) is 0 Å². The summed E-state index contributed by atoms with van der Waals surface area (Å²) in [5.74, 6) is -0.325. The first kappa shape index (κ1) is 11.8. The maximum Gasteiger partial charge on any atom is 0.263 e. The number of hydrogen-bond donors (Lipinski definition) is 2. The molecule has 2 heterocycles. The largest absolute Gasteiger partial charge is 0.396 e. The van der Waals surface area contributed by atoms with Crippen molar-refractivity contribution in [2.75, 3.05) is 25.4 Å². The van der Waals surface area contributed by atoms with E-state index in [2.05, 4.69) is 10.3 Å². The number of piperazine rings is 1. The predicted octanol–water partition coefficient (Wildman–Crippen LogP) is -1.22. The van der Waals surface area contributed by atoms with Crippen LogP contribution in [0.4, 0.5) is 5.69 Å². The number of nitrogen functional groups attached to an aromatic ring is 1. The normalized spacial score (nSPS) is 17.8. The van der Waals surface area contributed by atoms with Crippen molar-refractivity contribution in [2.45, 2.75) is 5.03 Å². The summed E-state index contributed by atoms with van der Waals surface area (Å²) < 4.78 is 25.4. The minimum atomic E-state index is -3.79. The second-order valence-electron chi connectivity index (χ2n) is 3.59. The Hall–Kier alpha value is -1.67. The summed E-state index contributed by atoms with van der Waals surface area (Å²) in [4.78, 5) is 14.9. The van der Waals surface area contributed by atoms with Crippen molar-refractivity contribution in [1.82, 2.24) is 14.6 Å². The Morgan fingerprint density at radius 2 is 2.24 bits per heavy atom. The van der Waals surface area contributed by atoms with Gasteiger partial charge in [-0.1, -0.05) is 0 Å². The Labute approximate surface area is 98.7 Å². The zero-order valence-corrected chi connectivity index (χ0v) is 9.77. The summed E-state index contributed by atoms with van der Waals surface area (Å²) in [6.45, 7) is 0.327. The van der Waals surface area contributed by atoms with Crippen molar-refractivity contribution in [3.63, 3.8) is 0 Å². The van der Waals surface area contributed by atoms with Crippen molar-refractivity contribution < 1.29 is 13.2 Å². The number of carbonyl (C=O) groups is 1. The van der Waals surface area contributed by atoms with Crippen LogP contribution in [-0.2, 0) is 14.8 Å². The molecule has 8 heteroatoms. The fourth-order valence-electron chi connectivity index (χ4n) is 1.56. The van der Waals surface area contributed by atoms with E-state index in [4.69, 9.17) is 5.73 Å². The van der Waals surface area contributed by atoms with E-state index in [-0.39, 0.29) is 29.7 Å². The van der Waals surface area contributed by atoms with Crippen LogP contribution in [0.3, 0.4) is 0 Å². The van der Waals surface area contributed by atoms with E-state index in [1.165, 1.54) is 12.3 Å². The van der Waals surface area contributed by atoms with Gasteiger partial charge in [0.25, 0.3) is 10.0 Å². The van der Waals surface area contributed by atoms with E-state index in [0.29, 0.717) is 6.54 Å². The number of nitrogens with one attached hydrogen (secondary N) is 1. The van der Waals surface area contributed by atoms with Gasteiger partial charge in [0.2, 0.25) is 5.91 Å². The molecule has 0 unspecified atom stereocenters. The van der Waals surface area contributed by atoms with Crippen molar-refractivity contribution in [3.05, 3.63) is 18.3 Å². The van der Waals surface area contributed by atoms with E-state index < -0.39 is 10.0 Å². The quantitative estimate of drug-likeness (QED) is 0.690. The molecule has 1 aliphatic heterocycles. The lowest BCUT2D eigenvalue weighted by molar-refractivity contribution is -0.122. The minimum Gasteiger partial charge on any atom is -0.396 e. The molecule has 92 valence electrons. The molecule has 0 aromatic carbocycles. The minimum absolute atomic E-state index is 0.0819. The number of hydrogen-bond acceptors (Lipinski definition) is 5. The summed E-state index contributed by atoms with van der Waals surface area (Å²) in [5.41, 5.74) is 5.66. The molecule has 1 aromatic rings. The molecular formula is C9H12N4O3S. The monoisotopic (exact) mass is 256 g/mol. The molecular weight excluding hydrogens is 244 g/mol. The molecule has 0 saturated carbocycles. The average Bonchev–Trinajstić information content (AvgIpc) is 2.29. The van der Waals surface area contributed by atoms with Crippen LogP contribution >= 0.6 is 0 Å². The molecule has 0 atom stereocenters. The topological polar surface area (TPSA) is 105 Å². The molecule has 3 N–H and O–H groups in total. The van der Waals surface area contributed by atoms with Gasteiger partial charge in [0.05, 0.1) is 12.2 Å². The van der Waals surface area contributed by atoms with Gasteiger partial charge in [-0.15, -0.1) is 0 Å². The third kappa shape index (κ3) is 2.22. The number of carbonyl (C=O) groups excluding carboxylic acids is 1. The van der Waals surface area contributed by atoms with Crippen molar-refractivity contribution in [3.8, 4) is 0 Å². The highest BCUT2D eigenvalue weighted by atomic mass is 32.2. The fourth-order valence-corrected chi connectivity index (χ4v) is 2.98. The fraction of sp³-hybridized carbons (Fsp3) is 0.333. The van der Waals surface area contributed by atoms with Crippen LogP contribution in [0.15, 0.2) is 23.4 Å².